The molecule has 3 nitrogen and oxygen atoms in total. The molecule has 1 heterocycles. The van der Waals surface area contributed by atoms with Gasteiger partial charge in [0.15, 0.2) is 0 Å². The number of halogens is 1. The van der Waals surface area contributed by atoms with Crippen molar-refractivity contribution >= 4 is 15.9 Å². The summed E-state index contributed by atoms with van der Waals surface area (Å²) in [6.07, 6.45) is 0.782. The van der Waals surface area contributed by atoms with Crippen molar-refractivity contribution in [2.24, 2.45) is 5.92 Å². The fourth-order valence-electron chi connectivity index (χ4n) is 1.76. The Hall–Kier alpha value is -1.42. The zero-order chi connectivity index (χ0) is 13.1. The molecule has 1 N–H and O–H groups in total. The minimum atomic E-state index is -0.125. The van der Waals surface area contributed by atoms with Gasteiger partial charge in [-0.05, 0) is 28.3 Å². The average Bonchev–Trinajstić information content (AvgIpc) is 2.35. The van der Waals surface area contributed by atoms with Crippen molar-refractivity contribution in [3.05, 3.63) is 50.9 Å². The summed E-state index contributed by atoms with van der Waals surface area (Å²) < 4.78 is 0.538. The Bertz CT molecular complexity index is 590. The van der Waals surface area contributed by atoms with Gasteiger partial charge in [-0.15, -0.1) is 0 Å². The van der Waals surface area contributed by atoms with E-state index in [-0.39, 0.29) is 5.56 Å². The standard InChI is InChI=1S/C14H15BrN2O/c1-9(2)8-11-12(15)14(18)17-13(16-11)10-6-4-3-5-7-10/h3-7,9H,8H2,1-2H3,(H,16,17,18). The van der Waals surface area contributed by atoms with E-state index in [2.05, 4.69) is 39.7 Å². The third-order valence-electron chi connectivity index (χ3n) is 2.58. The van der Waals surface area contributed by atoms with Gasteiger partial charge in [0.2, 0.25) is 0 Å². The number of hydrogen-bond acceptors (Lipinski definition) is 2. The highest BCUT2D eigenvalue weighted by Gasteiger charge is 2.11. The van der Waals surface area contributed by atoms with Gasteiger partial charge in [0.25, 0.3) is 5.56 Å². The fraction of sp³-hybridized carbons (Fsp3) is 0.286. The van der Waals surface area contributed by atoms with E-state index in [0.29, 0.717) is 16.2 Å². The SMILES string of the molecule is CC(C)Cc1nc(-c2ccccc2)[nH]c(=O)c1Br. The van der Waals surface area contributed by atoms with Gasteiger partial charge in [-0.1, -0.05) is 44.2 Å². The first kappa shape index (κ1) is 13.0. The number of hydrogen-bond donors (Lipinski definition) is 1. The predicted molar refractivity (Wildman–Crippen MR) is 76.5 cm³/mol. The molecule has 0 saturated heterocycles. The smallest absolute Gasteiger partial charge is 0.265 e. The number of H-pyrrole nitrogens is 1. The first-order valence-corrected chi connectivity index (χ1v) is 6.71. The number of nitrogens with one attached hydrogen (secondary N) is 1. The molecule has 2 rings (SSSR count). The summed E-state index contributed by atoms with van der Waals surface area (Å²) in [5.41, 5.74) is 1.61. The highest BCUT2D eigenvalue weighted by atomic mass is 79.9. The van der Waals surface area contributed by atoms with Gasteiger partial charge < -0.3 is 4.98 Å². The molecule has 4 heteroatoms. The summed E-state index contributed by atoms with van der Waals surface area (Å²) in [5, 5.41) is 0. The molecule has 0 atom stereocenters. The lowest BCUT2D eigenvalue weighted by molar-refractivity contribution is 0.631. The summed E-state index contributed by atoms with van der Waals surface area (Å²) in [4.78, 5) is 19.2. The molecular weight excluding hydrogens is 292 g/mol. The summed E-state index contributed by atoms with van der Waals surface area (Å²) in [7, 11) is 0. The molecule has 0 radical (unpaired) electrons. The molecule has 1 aromatic heterocycles. The van der Waals surface area contributed by atoms with Crippen molar-refractivity contribution in [1.29, 1.82) is 0 Å². The molecule has 0 bridgehead atoms. The molecule has 94 valence electrons. The van der Waals surface area contributed by atoms with Crippen molar-refractivity contribution in [3.8, 4) is 11.4 Å². The molecule has 0 aliphatic carbocycles. The Morgan fingerprint density at radius 2 is 1.94 bits per heavy atom. The van der Waals surface area contributed by atoms with E-state index in [4.69, 9.17) is 0 Å². The average molecular weight is 307 g/mol. The molecule has 0 amide bonds. The third-order valence-corrected chi connectivity index (χ3v) is 3.40. The normalized spacial score (nSPS) is 10.9. The molecule has 0 aliphatic heterocycles. The minimum absolute atomic E-state index is 0.125. The predicted octanol–water partition coefficient (Wildman–Crippen LogP) is 3.40. The monoisotopic (exact) mass is 306 g/mol. The zero-order valence-electron chi connectivity index (χ0n) is 10.4. The molecule has 0 saturated carbocycles. The van der Waals surface area contributed by atoms with Crippen LogP contribution in [0, 0.1) is 5.92 Å². The van der Waals surface area contributed by atoms with Gasteiger partial charge in [0.1, 0.15) is 10.3 Å². The van der Waals surface area contributed by atoms with Gasteiger partial charge in [0.05, 0.1) is 5.69 Å². The van der Waals surface area contributed by atoms with Crippen LogP contribution in [0.2, 0.25) is 0 Å². The lowest BCUT2D eigenvalue weighted by Crippen LogP contribution is -2.14. The second kappa shape index (κ2) is 5.48. The van der Waals surface area contributed by atoms with Gasteiger partial charge in [0, 0.05) is 5.56 Å². The van der Waals surface area contributed by atoms with Crippen LogP contribution in [0.4, 0.5) is 0 Å². The second-order valence-electron chi connectivity index (χ2n) is 4.64. The Morgan fingerprint density at radius 3 is 2.56 bits per heavy atom. The first-order chi connectivity index (χ1) is 8.58. The van der Waals surface area contributed by atoms with Crippen molar-refractivity contribution < 1.29 is 0 Å². The van der Waals surface area contributed by atoms with Crippen LogP contribution in [0.5, 0.6) is 0 Å². The molecule has 0 aliphatic rings. The molecule has 0 fully saturated rings. The number of aromatic nitrogens is 2. The highest BCUT2D eigenvalue weighted by Crippen LogP contribution is 2.18. The zero-order valence-corrected chi connectivity index (χ0v) is 12.0. The van der Waals surface area contributed by atoms with E-state index < -0.39 is 0 Å². The molecule has 0 unspecified atom stereocenters. The van der Waals surface area contributed by atoms with Gasteiger partial charge in [-0.3, -0.25) is 4.79 Å². The van der Waals surface area contributed by atoms with Crippen LogP contribution in [-0.4, -0.2) is 9.97 Å². The van der Waals surface area contributed by atoms with Crippen LogP contribution >= 0.6 is 15.9 Å². The number of nitrogens with zero attached hydrogens (tertiary/aromatic N) is 1. The molecule has 0 spiro atoms. The van der Waals surface area contributed by atoms with E-state index in [0.717, 1.165) is 17.7 Å². The van der Waals surface area contributed by atoms with Crippen LogP contribution < -0.4 is 5.56 Å². The second-order valence-corrected chi connectivity index (χ2v) is 5.43. The molecular formula is C14H15BrN2O. The van der Waals surface area contributed by atoms with Crippen LogP contribution in [0.3, 0.4) is 0 Å². The topological polar surface area (TPSA) is 45.8 Å². The van der Waals surface area contributed by atoms with Gasteiger partial charge in [-0.2, -0.15) is 0 Å². The quantitative estimate of drug-likeness (QED) is 0.944. The molecule has 2 aromatic rings. The summed E-state index contributed by atoms with van der Waals surface area (Å²) in [5.74, 6) is 1.08. The largest absolute Gasteiger partial charge is 0.306 e. The Kier molecular flexibility index (Phi) is 3.97. The fourth-order valence-corrected chi connectivity index (χ4v) is 2.11. The van der Waals surface area contributed by atoms with E-state index in [1.165, 1.54) is 0 Å². The van der Waals surface area contributed by atoms with E-state index >= 15 is 0 Å². The van der Waals surface area contributed by atoms with Gasteiger partial charge in [-0.25, -0.2) is 4.98 Å². The molecule has 1 aromatic carbocycles. The van der Waals surface area contributed by atoms with E-state index in [9.17, 15) is 4.79 Å². The van der Waals surface area contributed by atoms with Crippen LogP contribution in [-0.2, 0) is 6.42 Å². The minimum Gasteiger partial charge on any atom is -0.306 e. The van der Waals surface area contributed by atoms with Crippen LogP contribution in [0.15, 0.2) is 39.6 Å². The van der Waals surface area contributed by atoms with Crippen LogP contribution in [0.25, 0.3) is 11.4 Å². The lowest BCUT2D eigenvalue weighted by Gasteiger charge is -2.08. The maximum absolute atomic E-state index is 11.9. The van der Waals surface area contributed by atoms with E-state index in [1.54, 1.807) is 0 Å². The maximum atomic E-state index is 11.9. The number of aromatic amines is 1. The number of benzene rings is 1. The highest BCUT2D eigenvalue weighted by molar-refractivity contribution is 9.10. The third kappa shape index (κ3) is 2.88. The van der Waals surface area contributed by atoms with Crippen molar-refractivity contribution in [2.45, 2.75) is 20.3 Å². The summed E-state index contributed by atoms with van der Waals surface area (Å²) in [6.45, 7) is 4.22. The maximum Gasteiger partial charge on any atom is 0.265 e. The summed E-state index contributed by atoms with van der Waals surface area (Å²) >= 11 is 3.31. The first-order valence-electron chi connectivity index (χ1n) is 5.92. The molecule has 18 heavy (non-hydrogen) atoms. The van der Waals surface area contributed by atoms with Gasteiger partial charge >= 0.3 is 0 Å². The van der Waals surface area contributed by atoms with Crippen molar-refractivity contribution in [1.82, 2.24) is 9.97 Å². The van der Waals surface area contributed by atoms with E-state index in [1.807, 2.05) is 30.3 Å². The lowest BCUT2D eigenvalue weighted by atomic mass is 10.1. The van der Waals surface area contributed by atoms with Crippen molar-refractivity contribution in [2.75, 3.05) is 0 Å². The van der Waals surface area contributed by atoms with Crippen molar-refractivity contribution in [3.63, 3.8) is 0 Å². The Morgan fingerprint density at radius 1 is 1.28 bits per heavy atom. The Balaban J connectivity index is 2.51. The van der Waals surface area contributed by atoms with Crippen LogP contribution in [0.1, 0.15) is 19.5 Å². The summed E-state index contributed by atoms with van der Waals surface area (Å²) in [6, 6.07) is 9.67. The Labute approximate surface area is 114 Å². The number of rotatable bonds is 3.